The lowest BCUT2D eigenvalue weighted by Crippen LogP contribution is -2.36. The molecule has 0 heterocycles. The van der Waals surface area contributed by atoms with Crippen LogP contribution in [0.3, 0.4) is 0 Å². The molecule has 0 saturated heterocycles. The predicted octanol–water partition coefficient (Wildman–Crippen LogP) is -0.318. The van der Waals surface area contributed by atoms with Gasteiger partial charge in [-0.05, 0) is 37.0 Å². The Balaban J connectivity index is 2.88. The first-order valence-electron chi connectivity index (χ1n) is 6.10. The lowest BCUT2D eigenvalue weighted by Gasteiger charge is -2.34. The van der Waals surface area contributed by atoms with Crippen LogP contribution in [0.1, 0.15) is 19.3 Å². The molecule has 3 atom stereocenters. The van der Waals surface area contributed by atoms with E-state index in [4.69, 9.17) is 13.7 Å². The van der Waals surface area contributed by atoms with Crippen LogP contribution >= 0.6 is 0 Å². The van der Waals surface area contributed by atoms with Crippen molar-refractivity contribution in [3.8, 4) is 0 Å². The third-order valence-corrected chi connectivity index (χ3v) is 6.14. The highest BCUT2D eigenvalue weighted by Crippen LogP contribution is 2.36. The summed E-state index contributed by atoms with van der Waals surface area (Å²) in [6.07, 6.45) is 0.488. The van der Waals surface area contributed by atoms with E-state index in [0.717, 1.165) is 0 Å². The van der Waals surface area contributed by atoms with E-state index in [-0.39, 0.29) is 19.3 Å². The van der Waals surface area contributed by atoms with E-state index < -0.39 is 65.4 Å². The maximum absolute atomic E-state index is 11.0. The Morgan fingerprint density at radius 1 is 0.667 bits per heavy atom. The van der Waals surface area contributed by atoms with Crippen LogP contribution in [0.25, 0.3) is 0 Å². The van der Waals surface area contributed by atoms with Gasteiger partial charge in [-0.3, -0.25) is 13.7 Å². The lowest BCUT2D eigenvalue weighted by molar-refractivity contribution is 0.218. The molecule has 1 aliphatic rings. The Hall–Kier alpha value is -0.270. The smallest absolute Gasteiger partial charge is 0.265 e. The fourth-order valence-corrected chi connectivity index (χ4v) is 5.67. The Bertz CT molecular complexity index is 661. The molecule has 126 valence electrons. The van der Waals surface area contributed by atoms with Crippen molar-refractivity contribution in [2.45, 2.75) is 19.3 Å². The summed E-state index contributed by atoms with van der Waals surface area (Å²) in [5.41, 5.74) is 0. The molecule has 0 aromatic heterocycles. The molecule has 1 fully saturated rings. The van der Waals surface area contributed by atoms with Crippen LogP contribution < -0.4 is 0 Å². The van der Waals surface area contributed by atoms with Gasteiger partial charge in [-0.1, -0.05) is 0 Å². The van der Waals surface area contributed by atoms with Crippen molar-refractivity contribution in [1.82, 2.24) is 0 Å². The van der Waals surface area contributed by atoms with Crippen LogP contribution in [0.4, 0.5) is 0 Å². The van der Waals surface area contributed by atoms with Crippen LogP contribution in [0.15, 0.2) is 0 Å². The average Bonchev–Trinajstić information content (AvgIpc) is 2.15. The highest BCUT2D eigenvalue weighted by molar-refractivity contribution is 7.86. The van der Waals surface area contributed by atoms with Gasteiger partial charge in [-0.2, -0.15) is 25.3 Å². The Kier molecular flexibility index (Phi) is 5.78. The van der Waals surface area contributed by atoms with E-state index in [1.807, 2.05) is 0 Å². The van der Waals surface area contributed by atoms with Crippen molar-refractivity contribution in [1.29, 1.82) is 0 Å². The quantitative estimate of drug-likeness (QED) is 0.534. The van der Waals surface area contributed by atoms with Crippen LogP contribution in [0, 0.1) is 17.8 Å². The van der Waals surface area contributed by atoms with E-state index >= 15 is 0 Å². The molecule has 0 amide bonds. The van der Waals surface area contributed by atoms with Crippen molar-refractivity contribution in [2.75, 3.05) is 17.3 Å². The van der Waals surface area contributed by atoms with Gasteiger partial charge in [0.25, 0.3) is 30.4 Å². The van der Waals surface area contributed by atoms with Gasteiger partial charge in [0.1, 0.15) is 0 Å². The second-order valence-corrected chi connectivity index (χ2v) is 9.94. The van der Waals surface area contributed by atoms with Crippen LogP contribution in [0.2, 0.25) is 0 Å². The maximum Gasteiger partial charge on any atom is 0.265 e. The first kappa shape index (κ1) is 18.8. The van der Waals surface area contributed by atoms with E-state index in [9.17, 15) is 25.3 Å². The molecule has 0 spiro atoms. The van der Waals surface area contributed by atoms with Gasteiger partial charge in [0, 0.05) is 0 Å². The molecule has 0 aromatic rings. The largest absolute Gasteiger partial charge is 0.286 e. The van der Waals surface area contributed by atoms with E-state index in [1.54, 1.807) is 0 Å². The standard InChI is InChI=1S/C9H18O9S3/c10-19(11,12)4-7-1-2-8(5-20(13,14)15)9(3-7)6-21(16,17)18/h7-9H,1-6H2,(H,10,11,12)(H,13,14,15)(H,16,17,18)/t7-,8?,9+/m1/s1. The van der Waals surface area contributed by atoms with Crippen molar-refractivity contribution >= 4 is 30.4 Å². The van der Waals surface area contributed by atoms with E-state index in [0.29, 0.717) is 0 Å². The molecule has 3 N–H and O–H groups in total. The molecule has 0 bridgehead atoms. The summed E-state index contributed by atoms with van der Waals surface area (Å²) < 4.78 is 92.1. The molecule has 12 heteroatoms. The van der Waals surface area contributed by atoms with E-state index in [2.05, 4.69) is 0 Å². The van der Waals surface area contributed by atoms with Gasteiger partial charge in [0.15, 0.2) is 0 Å². The van der Waals surface area contributed by atoms with Gasteiger partial charge in [0.2, 0.25) is 0 Å². The number of hydrogen-bond acceptors (Lipinski definition) is 6. The maximum atomic E-state index is 11.0. The Labute approximate surface area is 124 Å². The average molecular weight is 366 g/mol. The summed E-state index contributed by atoms with van der Waals surface area (Å²) in [4.78, 5) is 0. The third-order valence-electron chi connectivity index (χ3n) is 3.54. The van der Waals surface area contributed by atoms with E-state index in [1.165, 1.54) is 0 Å². The topological polar surface area (TPSA) is 163 Å². The van der Waals surface area contributed by atoms with Crippen molar-refractivity contribution in [3.05, 3.63) is 0 Å². The fraction of sp³-hybridized carbons (Fsp3) is 1.00. The minimum atomic E-state index is -4.37. The second-order valence-electron chi connectivity index (χ2n) is 5.44. The monoisotopic (exact) mass is 366 g/mol. The summed E-state index contributed by atoms with van der Waals surface area (Å²) in [5.74, 6) is -3.93. The number of hydrogen-bond donors (Lipinski definition) is 3. The first-order valence-corrected chi connectivity index (χ1v) is 10.9. The molecule has 1 aliphatic carbocycles. The zero-order valence-corrected chi connectivity index (χ0v) is 13.4. The fourth-order valence-electron chi connectivity index (χ4n) is 2.84. The second kappa shape index (κ2) is 6.46. The third kappa shape index (κ3) is 8.07. The Morgan fingerprint density at radius 2 is 1.10 bits per heavy atom. The molecule has 9 nitrogen and oxygen atoms in total. The molecular weight excluding hydrogens is 348 g/mol. The van der Waals surface area contributed by atoms with Crippen LogP contribution in [0.5, 0.6) is 0 Å². The minimum Gasteiger partial charge on any atom is -0.286 e. The SMILES string of the molecule is O=S(=O)(O)CC1CC[C@@H](CS(=O)(=O)O)C[C@H]1CS(=O)(=O)O. The zero-order chi connectivity index (χ0) is 16.5. The summed E-state index contributed by atoms with van der Waals surface area (Å²) in [5, 5.41) is 0. The summed E-state index contributed by atoms with van der Waals surface area (Å²) in [6.45, 7) is 0. The molecular formula is C9H18O9S3. The predicted molar refractivity (Wildman–Crippen MR) is 73.6 cm³/mol. The number of rotatable bonds is 6. The summed E-state index contributed by atoms with van der Waals surface area (Å²) in [6, 6.07) is 0. The molecule has 21 heavy (non-hydrogen) atoms. The molecule has 0 aliphatic heterocycles. The highest BCUT2D eigenvalue weighted by atomic mass is 32.2. The van der Waals surface area contributed by atoms with Crippen molar-refractivity contribution in [2.24, 2.45) is 17.8 Å². The van der Waals surface area contributed by atoms with Crippen molar-refractivity contribution in [3.63, 3.8) is 0 Å². The Morgan fingerprint density at radius 3 is 1.52 bits per heavy atom. The minimum absolute atomic E-state index is 0.0275. The summed E-state index contributed by atoms with van der Waals surface area (Å²) in [7, 11) is -12.9. The van der Waals surface area contributed by atoms with Gasteiger partial charge < -0.3 is 0 Å². The summed E-state index contributed by atoms with van der Waals surface area (Å²) >= 11 is 0. The molecule has 0 radical (unpaired) electrons. The zero-order valence-electron chi connectivity index (χ0n) is 11.0. The molecule has 1 unspecified atom stereocenters. The van der Waals surface area contributed by atoms with Crippen LogP contribution in [-0.4, -0.2) is 56.2 Å². The van der Waals surface area contributed by atoms with Gasteiger partial charge in [0.05, 0.1) is 17.3 Å². The van der Waals surface area contributed by atoms with Gasteiger partial charge in [-0.15, -0.1) is 0 Å². The van der Waals surface area contributed by atoms with Gasteiger partial charge in [-0.25, -0.2) is 0 Å². The van der Waals surface area contributed by atoms with Crippen LogP contribution in [-0.2, 0) is 30.4 Å². The van der Waals surface area contributed by atoms with Gasteiger partial charge >= 0.3 is 0 Å². The molecule has 1 rings (SSSR count). The first-order chi connectivity index (χ1) is 9.25. The molecule has 0 aromatic carbocycles. The van der Waals surface area contributed by atoms with Crippen molar-refractivity contribution < 1.29 is 38.9 Å². The highest BCUT2D eigenvalue weighted by Gasteiger charge is 2.36. The molecule has 1 saturated carbocycles. The normalized spacial score (nSPS) is 28.4. The lowest BCUT2D eigenvalue weighted by atomic mass is 9.76.